The third kappa shape index (κ3) is 3.40. The van der Waals surface area contributed by atoms with Crippen LogP contribution in [0.25, 0.3) is 71.3 Å². The molecular formula is C38H26N2. The minimum atomic E-state index is 0.982. The van der Waals surface area contributed by atoms with E-state index in [1.807, 2.05) is 0 Å². The van der Waals surface area contributed by atoms with Crippen LogP contribution < -0.4 is 0 Å². The fraction of sp³-hybridized carbons (Fsp3) is 0.0263. The Morgan fingerprint density at radius 1 is 0.500 bits per heavy atom. The van der Waals surface area contributed by atoms with Crippen LogP contribution >= 0.6 is 0 Å². The van der Waals surface area contributed by atoms with Gasteiger partial charge in [-0.1, -0.05) is 115 Å². The summed E-state index contributed by atoms with van der Waals surface area (Å²) in [6.07, 6.45) is 0. The van der Waals surface area contributed by atoms with Crippen LogP contribution in [0, 0.1) is 6.92 Å². The lowest BCUT2D eigenvalue weighted by atomic mass is 9.85. The molecule has 0 amide bonds. The predicted molar refractivity (Wildman–Crippen MR) is 169 cm³/mol. The van der Waals surface area contributed by atoms with Crippen LogP contribution in [0.1, 0.15) is 5.82 Å². The zero-order valence-corrected chi connectivity index (χ0v) is 22.2. The lowest BCUT2D eigenvalue weighted by Gasteiger charge is -2.20. The highest BCUT2D eigenvalue weighted by Gasteiger charge is 2.20. The zero-order chi connectivity index (χ0) is 26.6. The maximum Gasteiger partial charge on any atom is 0.111 e. The molecule has 8 aromatic rings. The largest absolute Gasteiger partial charge is 0.296 e. The van der Waals surface area contributed by atoms with Gasteiger partial charge in [-0.05, 0) is 80.2 Å². The number of fused-ring (bicyclic) bond motifs is 4. The first-order chi connectivity index (χ1) is 19.8. The second kappa shape index (κ2) is 8.93. The van der Waals surface area contributed by atoms with Crippen molar-refractivity contribution in [3.05, 3.63) is 145 Å². The van der Waals surface area contributed by atoms with E-state index in [0.717, 1.165) is 22.5 Å². The van der Waals surface area contributed by atoms with Crippen molar-refractivity contribution in [3.63, 3.8) is 0 Å². The van der Waals surface area contributed by atoms with E-state index in [1.165, 1.54) is 54.6 Å². The minimum Gasteiger partial charge on any atom is -0.296 e. The van der Waals surface area contributed by atoms with Crippen LogP contribution in [0.4, 0.5) is 0 Å². The van der Waals surface area contributed by atoms with E-state index in [1.54, 1.807) is 0 Å². The molecule has 0 saturated carbocycles. The molecule has 1 heterocycles. The quantitative estimate of drug-likeness (QED) is 0.216. The number of hydrogen-bond acceptors (Lipinski definition) is 1. The van der Waals surface area contributed by atoms with E-state index < -0.39 is 0 Å². The molecule has 0 aliphatic rings. The first-order valence-corrected chi connectivity index (χ1v) is 13.7. The molecule has 40 heavy (non-hydrogen) atoms. The van der Waals surface area contributed by atoms with Crippen molar-refractivity contribution in [1.82, 2.24) is 9.55 Å². The summed E-state index contributed by atoms with van der Waals surface area (Å²) in [5.74, 6) is 0.982. The molecular weight excluding hydrogens is 484 g/mol. The van der Waals surface area contributed by atoms with Crippen molar-refractivity contribution in [2.24, 2.45) is 0 Å². The van der Waals surface area contributed by atoms with Gasteiger partial charge in [0.05, 0.1) is 16.7 Å². The van der Waals surface area contributed by atoms with Crippen LogP contribution in [0.15, 0.2) is 140 Å². The fourth-order valence-electron chi connectivity index (χ4n) is 6.40. The average molecular weight is 511 g/mol. The molecule has 0 saturated heterocycles. The lowest BCUT2D eigenvalue weighted by molar-refractivity contribution is 1.00. The van der Waals surface area contributed by atoms with Gasteiger partial charge < -0.3 is 0 Å². The van der Waals surface area contributed by atoms with Gasteiger partial charge in [0.1, 0.15) is 5.82 Å². The summed E-state index contributed by atoms with van der Waals surface area (Å²) in [7, 11) is 0. The molecule has 0 spiro atoms. The maximum absolute atomic E-state index is 4.89. The second-order valence-corrected chi connectivity index (χ2v) is 10.4. The Bertz CT molecular complexity index is 2180. The number of nitrogens with zero attached hydrogens (tertiary/aromatic N) is 2. The van der Waals surface area contributed by atoms with Crippen LogP contribution in [-0.4, -0.2) is 9.55 Å². The summed E-state index contributed by atoms with van der Waals surface area (Å²) < 4.78 is 2.30. The predicted octanol–water partition coefficient (Wildman–Crippen LogP) is 10.1. The first-order valence-electron chi connectivity index (χ1n) is 13.7. The normalized spacial score (nSPS) is 11.6. The Kier molecular flexibility index (Phi) is 5.08. The third-order valence-electron chi connectivity index (χ3n) is 8.11. The number of hydrogen-bond donors (Lipinski definition) is 0. The van der Waals surface area contributed by atoms with Crippen molar-refractivity contribution in [2.75, 3.05) is 0 Å². The average Bonchev–Trinajstić information content (AvgIpc) is 3.35. The van der Waals surface area contributed by atoms with Gasteiger partial charge in [0.2, 0.25) is 0 Å². The van der Waals surface area contributed by atoms with E-state index >= 15 is 0 Å². The first kappa shape index (κ1) is 22.7. The third-order valence-corrected chi connectivity index (χ3v) is 8.11. The lowest BCUT2D eigenvalue weighted by Crippen LogP contribution is -2.00. The Morgan fingerprint density at radius 3 is 1.82 bits per heavy atom. The Labute approximate surface area is 232 Å². The van der Waals surface area contributed by atoms with Gasteiger partial charge >= 0.3 is 0 Å². The molecule has 2 heteroatoms. The van der Waals surface area contributed by atoms with Crippen molar-refractivity contribution >= 4 is 43.4 Å². The van der Waals surface area contributed by atoms with Gasteiger partial charge in [0.15, 0.2) is 0 Å². The van der Waals surface area contributed by atoms with Crippen LogP contribution in [-0.2, 0) is 0 Å². The van der Waals surface area contributed by atoms with Crippen molar-refractivity contribution in [2.45, 2.75) is 6.92 Å². The molecule has 0 N–H and O–H groups in total. The molecule has 0 radical (unpaired) electrons. The number of para-hydroxylation sites is 3. The molecule has 0 fully saturated rings. The Morgan fingerprint density at radius 2 is 1.07 bits per heavy atom. The molecule has 8 rings (SSSR count). The molecule has 1 aromatic heterocycles. The molecule has 0 aliphatic carbocycles. The van der Waals surface area contributed by atoms with Crippen molar-refractivity contribution in [3.8, 4) is 27.9 Å². The summed E-state index contributed by atoms with van der Waals surface area (Å²) >= 11 is 0. The highest BCUT2D eigenvalue weighted by atomic mass is 15.1. The second-order valence-electron chi connectivity index (χ2n) is 10.4. The van der Waals surface area contributed by atoms with Crippen LogP contribution in [0.5, 0.6) is 0 Å². The summed E-state index contributed by atoms with van der Waals surface area (Å²) in [5, 5.41) is 7.53. The highest BCUT2D eigenvalue weighted by molar-refractivity contribution is 6.22. The van der Waals surface area contributed by atoms with Gasteiger partial charge in [-0.25, -0.2) is 4.98 Å². The smallest absolute Gasteiger partial charge is 0.111 e. The molecule has 2 nitrogen and oxygen atoms in total. The van der Waals surface area contributed by atoms with E-state index in [4.69, 9.17) is 4.98 Å². The monoisotopic (exact) mass is 510 g/mol. The summed E-state index contributed by atoms with van der Waals surface area (Å²) in [5.41, 5.74) is 8.24. The van der Waals surface area contributed by atoms with Crippen molar-refractivity contribution < 1.29 is 0 Å². The van der Waals surface area contributed by atoms with Gasteiger partial charge in [-0.3, -0.25) is 4.57 Å². The highest BCUT2D eigenvalue weighted by Crippen LogP contribution is 2.45. The number of rotatable bonds is 3. The van der Waals surface area contributed by atoms with Crippen LogP contribution in [0.3, 0.4) is 0 Å². The van der Waals surface area contributed by atoms with E-state index in [2.05, 4.69) is 151 Å². The van der Waals surface area contributed by atoms with E-state index in [-0.39, 0.29) is 0 Å². The summed E-state index contributed by atoms with van der Waals surface area (Å²) in [4.78, 5) is 4.89. The number of imidazole rings is 1. The molecule has 188 valence electrons. The maximum atomic E-state index is 4.89. The van der Waals surface area contributed by atoms with E-state index in [9.17, 15) is 0 Å². The SMILES string of the molecule is Cc1nc2ccccc2n1-c1ccccc1-c1c2ccccc2c(-c2ccc3ccccc3c2)c2ccccc12. The Balaban J connectivity index is 1.49. The topological polar surface area (TPSA) is 17.8 Å². The van der Waals surface area contributed by atoms with Crippen LogP contribution in [0.2, 0.25) is 0 Å². The molecule has 0 unspecified atom stereocenters. The molecule has 0 bridgehead atoms. The Hall–Kier alpha value is -5.21. The molecule has 0 atom stereocenters. The zero-order valence-electron chi connectivity index (χ0n) is 22.2. The standard InChI is InChI=1S/C38H26N2/c1-25-39-34-19-9-11-21-36(34)40(25)35-20-10-8-18-33(35)38-31-16-6-4-14-29(31)37(30-15-5-7-17-32(30)38)28-23-22-26-12-2-3-13-27(26)24-28/h2-24H,1H3. The van der Waals surface area contributed by atoms with E-state index in [0.29, 0.717) is 0 Å². The summed E-state index contributed by atoms with van der Waals surface area (Å²) in [6, 6.07) is 50.3. The number of aromatic nitrogens is 2. The molecule has 0 aliphatic heterocycles. The number of aryl methyl sites for hydroxylation is 1. The van der Waals surface area contributed by atoms with Gasteiger partial charge in [0.25, 0.3) is 0 Å². The fourth-order valence-corrected chi connectivity index (χ4v) is 6.40. The minimum absolute atomic E-state index is 0.982. The van der Waals surface area contributed by atoms with Crippen molar-refractivity contribution in [1.29, 1.82) is 0 Å². The van der Waals surface area contributed by atoms with Gasteiger partial charge in [0, 0.05) is 5.56 Å². The van der Waals surface area contributed by atoms with Gasteiger partial charge in [-0.15, -0.1) is 0 Å². The summed E-state index contributed by atoms with van der Waals surface area (Å²) in [6.45, 7) is 2.09. The van der Waals surface area contributed by atoms with Gasteiger partial charge in [-0.2, -0.15) is 0 Å². The number of benzene rings is 7. The molecule has 7 aromatic carbocycles.